The van der Waals surface area contributed by atoms with E-state index in [1.165, 1.54) is 0 Å². The summed E-state index contributed by atoms with van der Waals surface area (Å²) in [4.78, 5) is 21.5. The molecule has 0 unspecified atom stereocenters. The van der Waals surface area contributed by atoms with Gasteiger partial charge in [0.15, 0.2) is 5.52 Å². The van der Waals surface area contributed by atoms with Crippen LogP contribution in [0.5, 0.6) is 0 Å². The molecule has 0 aromatic carbocycles. The Balaban J connectivity index is 2.55. The predicted octanol–water partition coefficient (Wildman–Crippen LogP) is 2.05. The summed E-state index contributed by atoms with van der Waals surface area (Å²) in [5, 5.41) is 4.15. The molecule has 0 saturated heterocycles. The first kappa shape index (κ1) is 14.0. The van der Waals surface area contributed by atoms with Gasteiger partial charge in [0, 0.05) is 20.1 Å². The topological polar surface area (TPSA) is 66.8 Å². The van der Waals surface area contributed by atoms with Crippen molar-refractivity contribution in [2.45, 2.75) is 26.7 Å². The molecule has 1 N–H and O–H groups in total. The van der Waals surface area contributed by atoms with Crippen LogP contribution >= 0.6 is 15.9 Å². The molecule has 0 radical (unpaired) electrons. The zero-order valence-corrected chi connectivity index (χ0v) is 13.0. The molecule has 0 aliphatic heterocycles. The molecule has 104 valence electrons. The van der Waals surface area contributed by atoms with Crippen molar-refractivity contribution in [1.82, 2.24) is 19.7 Å². The SMILES string of the molecule is CCCN(CCC)c1nc2c(Br)n(C)nc2c(=O)[nH]1. The summed E-state index contributed by atoms with van der Waals surface area (Å²) in [5.41, 5.74) is 0.781. The molecule has 6 nitrogen and oxygen atoms in total. The molecule has 19 heavy (non-hydrogen) atoms. The Labute approximate surface area is 120 Å². The molecule has 0 saturated carbocycles. The van der Waals surface area contributed by atoms with Crippen LogP contribution in [-0.2, 0) is 7.05 Å². The average Bonchev–Trinajstić information content (AvgIpc) is 2.67. The van der Waals surface area contributed by atoms with Crippen LogP contribution in [0.1, 0.15) is 26.7 Å². The second-order valence-corrected chi connectivity index (χ2v) is 5.24. The first-order valence-electron chi connectivity index (χ1n) is 6.46. The molecule has 0 amide bonds. The average molecular weight is 328 g/mol. The highest BCUT2D eigenvalue weighted by atomic mass is 79.9. The highest BCUT2D eigenvalue weighted by Crippen LogP contribution is 2.20. The number of H-pyrrole nitrogens is 1. The highest BCUT2D eigenvalue weighted by Gasteiger charge is 2.15. The normalized spacial score (nSPS) is 11.2. The van der Waals surface area contributed by atoms with E-state index in [1.807, 2.05) is 0 Å². The van der Waals surface area contributed by atoms with Gasteiger partial charge in [-0.15, -0.1) is 0 Å². The van der Waals surface area contributed by atoms with Gasteiger partial charge in [-0.3, -0.25) is 14.5 Å². The smallest absolute Gasteiger partial charge is 0.280 e. The molecule has 0 spiro atoms. The lowest BCUT2D eigenvalue weighted by Gasteiger charge is -2.21. The van der Waals surface area contributed by atoms with Gasteiger partial charge in [0.25, 0.3) is 5.56 Å². The van der Waals surface area contributed by atoms with E-state index >= 15 is 0 Å². The van der Waals surface area contributed by atoms with E-state index in [1.54, 1.807) is 11.7 Å². The van der Waals surface area contributed by atoms with Crippen molar-refractivity contribution in [3.8, 4) is 0 Å². The van der Waals surface area contributed by atoms with Crippen LogP contribution in [0.3, 0.4) is 0 Å². The van der Waals surface area contributed by atoms with Crippen molar-refractivity contribution in [3.63, 3.8) is 0 Å². The molecule has 0 bridgehead atoms. The van der Waals surface area contributed by atoms with Gasteiger partial charge in [-0.2, -0.15) is 5.10 Å². The molecular weight excluding hydrogens is 310 g/mol. The van der Waals surface area contributed by atoms with Gasteiger partial charge in [-0.1, -0.05) is 13.8 Å². The Morgan fingerprint density at radius 2 is 1.89 bits per heavy atom. The van der Waals surface area contributed by atoms with Crippen molar-refractivity contribution in [3.05, 3.63) is 15.0 Å². The third-order valence-electron chi connectivity index (χ3n) is 2.90. The Morgan fingerprint density at radius 1 is 1.26 bits per heavy atom. The number of fused-ring (bicyclic) bond motifs is 1. The lowest BCUT2D eigenvalue weighted by atomic mass is 10.3. The van der Waals surface area contributed by atoms with E-state index in [4.69, 9.17) is 0 Å². The molecule has 7 heteroatoms. The van der Waals surface area contributed by atoms with Gasteiger partial charge in [0.05, 0.1) is 0 Å². The maximum Gasteiger partial charge on any atom is 0.280 e. The lowest BCUT2D eigenvalue weighted by Crippen LogP contribution is -2.29. The first-order valence-corrected chi connectivity index (χ1v) is 7.25. The highest BCUT2D eigenvalue weighted by molar-refractivity contribution is 9.10. The maximum absolute atomic E-state index is 12.1. The lowest BCUT2D eigenvalue weighted by molar-refractivity contribution is 0.721. The van der Waals surface area contributed by atoms with Crippen LogP contribution in [0.4, 0.5) is 5.95 Å². The summed E-state index contributed by atoms with van der Waals surface area (Å²) in [7, 11) is 1.78. The van der Waals surface area contributed by atoms with Gasteiger partial charge >= 0.3 is 0 Å². The van der Waals surface area contributed by atoms with E-state index in [2.05, 4.69) is 49.7 Å². The third-order valence-corrected chi connectivity index (χ3v) is 3.79. The number of anilines is 1. The van der Waals surface area contributed by atoms with Crippen LogP contribution in [0, 0.1) is 0 Å². The van der Waals surface area contributed by atoms with E-state index < -0.39 is 0 Å². The summed E-state index contributed by atoms with van der Waals surface area (Å²) >= 11 is 3.41. The molecule has 2 aromatic rings. The largest absolute Gasteiger partial charge is 0.342 e. The Morgan fingerprint density at radius 3 is 2.47 bits per heavy atom. The zero-order chi connectivity index (χ0) is 14.0. The monoisotopic (exact) mass is 327 g/mol. The molecule has 0 fully saturated rings. The van der Waals surface area contributed by atoms with Crippen LogP contribution in [-0.4, -0.2) is 32.8 Å². The van der Waals surface area contributed by atoms with Gasteiger partial charge in [0.2, 0.25) is 5.95 Å². The Hall–Kier alpha value is -1.37. The number of nitrogens with one attached hydrogen (secondary N) is 1. The fourth-order valence-electron chi connectivity index (χ4n) is 2.05. The summed E-state index contributed by atoms with van der Waals surface area (Å²) in [6, 6.07) is 0. The number of aromatic amines is 1. The summed E-state index contributed by atoms with van der Waals surface area (Å²) in [6.45, 7) is 5.97. The van der Waals surface area contributed by atoms with Gasteiger partial charge in [0.1, 0.15) is 10.1 Å². The fourth-order valence-corrected chi connectivity index (χ4v) is 2.41. The zero-order valence-electron chi connectivity index (χ0n) is 11.4. The van der Waals surface area contributed by atoms with Gasteiger partial charge in [-0.25, -0.2) is 4.98 Å². The van der Waals surface area contributed by atoms with Crippen LogP contribution < -0.4 is 10.5 Å². The quantitative estimate of drug-likeness (QED) is 0.912. The molecular formula is C12H18BrN5O. The van der Waals surface area contributed by atoms with Crippen molar-refractivity contribution in [1.29, 1.82) is 0 Å². The number of aryl methyl sites for hydroxylation is 1. The third kappa shape index (κ3) is 2.65. The molecule has 0 aliphatic rings. The van der Waals surface area contributed by atoms with Crippen molar-refractivity contribution in [2.24, 2.45) is 7.05 Å². The first-order chi connectivity index (χ1) is 9.08. The minimum absolute atomic E-state index is 0.196. The van der Waals surface area contributed by atoms with Gasteiger partial charge < -0.3 is 4.90 Å². The second-order valence-electron chi connectivity index (χ2n) is 4.49. The number of aromatic nitrogens is 4. The minimum atomic E-state index is -0.196. The van der Waals surface area contributed by atoms with Crippen LogP contribution in [0.15, 0.2) is 9.40 Å². The summed E-state index contributed by atoms with van der Waals surface area (Å²) in [5.74, 6) is 0.620. The molecule has 0 atom stereocenters. The number of rotatable bonds is 5. The van der Waals surface area contributed by atoms with Gasteiger partial charge in [-0.05, 0) is 28.8 Å². The van der Waals surface area contributed by atoms with Crippen LogP contribution in [0.25, 0.3) is 11.0 Å². The number of hydrogen-bond acceptors (Lipinski definition) is 4. The van der Waals surface area contributed by atoms with Crippen molar-refractivity contribution >= 4 is 32.9 Å². The summed E-state index contributed by atoms with van der Waals surface area (Å²) in [6.07, 6.45) is 2.02. The second kappa shape index (κ2) is 5.73. The van der Waals surface area contributed by atoms with E-state index in [0.29, 0.717) is 17.0 Å². The minimum Gasteiger partial charge on any atom is -0.342 e. The van der Waals surface area contributed by atoms with Crippen molar-refractivity contribution in [2.75, 3.05) is 18.0 Å². The van der Waals surface area contributed by atoms with E-state index in [-0.39, 0.29) is 5.56 Å². The maximum atomic E-state index is 12.1. The molecule has 0 aliphatic carbocycles. The van der Waals surface area contributed by atoms with E-state index in [9.17, 15) is 4.79 Å². The predicted molar refractivity (Wildman–Crippen MR) is 79.6 cm³/mol. The number of hydrogen-bond donors (Lipinski definition) is 1. The fraction of sp³-hybridized carbons (Fsp3) is 0.583. The molecule has 2 aromatic heterocycles. The number of halogens is 1. The Bertz CT molecular complexity index is 627. The van der Waals surface area contributed by atoms with E-state index in [0.717, 1.165) is 30.5 Å². The molecule has 2 heterocycles. The Kier molecular flexibility index (Phi) is 4.24. The standard InChI is InChI=1S/C12H18BrN5O/c1-4-6-18(7-5-2)12-14-8-9(11(19)15-12)16-17(3)10(8)13/h4-7H2,1-3H3,(H,14,15,19). The number of nitrogens with zero attached hydrogens (tertiary/aromatic N) is 4. The van der Waals surface area contributed by atoms with Crippen molar-refractivity contribution < 1.29 is 0 Å². The molecule has 2 rings (SSSR count). The van der Waals surface area contributed by atoms with Crippen LogP contribution in [0.2, 0.25) is 0 Å². The summed E-state index contributed by atoms with van der Waals surface area (Å²) < 4.78 is 2.34.